The van der Waals surface area contributed by atoms with Gasteiger partial charge in [0.25, 0.3) is 0 Å². The second-order valence-electron chi connectivity index (χ2n) is 11.5. The molecule has 1 aliphatic rings. The number of nitrogens with zero attached hydrogens (tertiary/aromatic N) is 1. The molecule has 4 atom stereocenters. The van der Waals surface area contributed by atoms with Gasteiger partial charge in [-0.15, -0.1) is 11.8 Å². The highest BCUT2D eigenvalue weighted by Gasteiger charge is 2.44. The Morgan fingerprint density at radius 1 is 1.02 bits per heavy atom. The zero-order valence-corrected chi connectivity index (χ0v) is 29.6. The number of nitrogens with one attached hydrogen (secondary N) is 1. The zero-order valence-electron chi connectivity index (χ0n) is 27.9. The average Bonchev–Trinajstić information content (AvgIpc) is 3.83. The molecule has 0 bridgehead atoms. The van der Waals surface area contributed by atoms with Crippen LogP contribution in [0.15, 0.2) is 121 Å². The molecule has 12 heteroatoms. The summed E-state index contributed by atoms with van der Waals surface area (Å²) < 4.78 is 22.4. The van der Waals surface area contributed by atoms with Crippen molar-refractivity contribution in [3.63, 3.8) is 0 Å². The number of aliphatic hydroxyl groups is 1. The Hall–Kier alpha value is -5.04. The molecule has 1 fully saturated rings. The van der Waals surface area contributed by atoms with Crippen LogP contribution < -0.4 is 14.8 Å². The Morgan fingerprint density at radius 3 is 2.47 bits per heavy atom. The third-order valence-electron chi connectivity index (χ3n) is 7.91. The van der Waals surface area contributed by atoms with Gasteiger partial charge in [0.05, 0.1) is 18.2 Å². The molecule has 10 nitrogen and oxygen atoms in total. The number of hydrogen-bond acceptors (Lipinski definition) is 11. The Labute approximate surface area is 305 Å². The number of carbonyl (C=O) groups excluding carboxylic acids is 3. The standard InChI is InChI=1S/C39H40N2O8S2/c1-3-18-46-34-22-31(48-24-35(43)47-19-4-2)15-16-32(34)36(40-29-13-9-6-10-14-29)37(51-26-33(42)28-17-20-50-25-28)38(44)41-30(23-49-39(41)45)21-27-11-7-5-8-12-27/h3-17,20,22,25,30,33,36-37,40,42H,1-2,18-19,21,23-24,26H2/t30-,33-,36+,37+/m0/s1. The molecule has 266 valence electrons. The molecule has 1 aliphatic heterocycles. The minimum absolute atomic E-state index is 0.0557. The number of aliphatic hydroxyl groups excluding tert-OH is 1. The molecule has 1 saturated heterocycles. The van der Waals surface area contributed by atoms with Gasteiger partial charge >= 0.3 is 12.1 Å². The maximum atomic E-state index is 14.9. The van der Waals surface area contributed by atoms with E-state index in [1.807, 2.05) is 77.5 Å². The fourth-order valence-electron chi connectivity index (χ4n) is 5.47. The van der Waals surface area contributed by atoms with Gasteiger partial charge in [-0.2, -0.15) is 11.3 Å². The van der Waals surface area contributed by atoms with Gasteiger partial charge in [-0.3, -0.25) is 4.79 Å². The summed E-state index contributed by atoms with van der Waals surface area (Å²) in [4.78, 5) is 41.5. The molecule has 0 aliphatic carbocycles. The summed E-state index contributed by atoms with van der Waals surface area (Å²) in [7, 11) is 0. The zero-order chi connectivity index (χ0) is 36.0. The second-order valence-corrected chi connectivity index (χ2v) is 13.5. The van der Waals surface area contributed by atoms with Crippen molar-refractivity contribution in [1.82, 2.24) is 4.90 Å². The van der Waals surface area contributed by atoms with Crippen LogP contribution in [0, 0.1) is 0 Å². The number of ether oxygens (including phenoxy) is 4. The van der Waals surface area contributed by atoms with E-state index in [0.717, 1.165) is 11.1 Å². The Bertz CT molecular complexity index is 1750. The fraction of sp³-hybridized carbons (Fsp3) is 0.256. The number of imide groups is 1. The van der Waals surface area contributed by atoms with E-state index in [4.69, 9.17) is 18.9 Å². The number of thioether (sulfide) groups is 1. The van der Waals surface area contributed by atoms with Crippen molar-refractivity contribution < 1.29 is 38.4 Å². The fourth-order valence-corrected chi connectivity index (χ4v) is 7.42. The molecule has 1 aromatic heterocycles. The van der Waals surface area contributed by atoms with Crippen molar-refractivity contribution >= 4 is 46.8 Å². The molecule has 3 aromatic carbocycles. The lowest BCUT2D eigenvalue weighted by molar-refractivity contribution is -0.144. The van der Waals surface area contributed by atoms with Crippen LogP contribution >= 0.6 is 23.1 Å². The Kier molecular flexibility index (Phi) is 13.7. The summed E-state index contributed by atoms with van der Waals surface area (Å²) in [5, 5.41) is 17.5. The summed E-state index contributed by atoms with van der Waals surface area (Å²) in [6.07, 6.45) is 1.88. The number of amides is 2. The monoisotopic (exact) mass is 728 g/mol. The smallest absolute Gasteiger partial charge is 0.417 e. The molecule has 2 heterocycles. The van der Waals surface area contributed by atoms with E-state index in [1.165, 1.54) is 34.1 Å². The number of para-hydroxylation sites is 1. The first kappa shape index (κ1) is 37.2. The summed E-state index contributed by atoms with van der Waals surface area (Å²) in [5.41, 5.74) is 2.98. The number of thiophene rings is 1. The molecular formula is C39H40N2O8S2. The predicted octanol–water partition coefficient (Wildman–Crippen LogP) is 7.00. The van der Waals surface area contributed by atoms with Gasteiger partial charge in [-0.25, -0.2) is 14.5 Å². The van der Waals surface area contributed by atoms with Crippen LogP contribution in [0.25, 0.3) is 0 Å². The highest BCUT2D eigenvalue weighted by molar-refractivity contribution is 8.00. The van der Waals surface area contributed by atoms with Crippen LogP contribution in [0.2, 0.25) is 0 Å². The molecule has 5 rings (SSSR count). The summed E-state index contributed by atoms with van der Waals surface area (Å²) in [6, 6.07) is 24.5. The third kappa shape index (κ3) is 10.3. The maximum absolute atomic E-state index is 14.9. The summed E-state index contributed by atoms with van der Waals surface area (Å²) >= 11 is 2.70. The van der Waals surface area contributed by atoms with E-state index in [-0.39, 0.29) is 32.2 Å². The van der Waals surface area contributed by atoms with E-state index in [0.29, 0.717) is 29.2 Å². The van der Waals surface area contributed by atoms with Gasteiger partial charge in [0.2, 0.25) is 5.91 Å². The number of hydrogen-bond donors (Lipinski definition) is 2. The number of esters is 1. The lowest BCUT2D eigenvalue weighted by atomic mass is 9.99. The van der Waals surface area contributed by atoms with Gasteiger partial charge in [-0.05, 0) is 58.6 Å². The molecule has 51 heavy (non-hydrogen) atoms. The minimum atomic E-state index is -0.964. The van der Waals surface area contributed by atoms with E-state index >= 15 is 0 Å². The lowest BCUT2D eigenvalue weighted by Gasteiger charge is -2.33. The molecule has 2 N–H and O–H groups in total. The average molecular weight is 729 g/mol. The van der Waals surface area contributed by atoms with Crippen molar-refractivity contribution in [1.29, 1.82) is 0 Å². The minimum Gasteiger partial charge on any atom is -0.489 e. The number of benzene rings is 3. The Balaban J connectivity index is 1.55. The first-order chi connectivity index (χ1) is 24.9. The van der Waals surface area contributed by atoms with Crippen molar-refractivity contribution in [3.05, 3.63) is 138 Å². The molecule has 4 aromatic rings. The molecule has 0 unspecified atom stereocenters. The second kappa shape index (κ2) is 18.8. The Morgan fingerprint density at radius 2 is 1.76 bits per heavy atom. The number of carbonyl (C=O) groups is 3. The van der Waals surface area contributed by atoms with Crippen LogP contribution in [0.5, 0.6) is 11.5 Å². The van der Waals surface area contributed by atoms with Gasteiger partial charge < -0.3 is 29.4 Å². The maximum Gasteiger partial charge on any atom is 0.417 e. The highest BCUT2D eigenvalue weighted by atomic mass is 32.2. The quantitative estimate of drug-likeness (QED) is 0.0771. The van der Waals surface area contributed by atoms with E-state index < -0.39 is 41.4 Å². The lowest BCUT2D eigenvalue weighted by Crippen LogP contribution is -2.47. The van der Waals surface area contributed by atoms with Crippen molar-refractivity contribution in [2.45, 2.75) is 29.9 Å². The van der Waals surface area contributed by atoms with Crippen LogP contribution in [0.1, 0.15) is 28.8 Å². The van der Waals surface area contributed by atoms with Crippen LogP contribution in [0.4, 0.5) is 10.5 Å². The summed E-state index contributed by atoms with van der Waals surface area (Å²) in [5.74, 6) is -0.189. The number of rotatable bonds is 19. The highest BCUT2D eigenvalue weighted by Crippen LogP contribution is 2.40. The predicted molar refractivity (Wildman–Crippen MR) is 199 cm³/mol. The first-order valence-corrected chi connectivity index (χ1v) is 18.3. The van der Waals surface area contributed by atoms with Crippen LogP contribution in [-0.4, -0.2) is 71.4 Å². The van der Waals surface area contributed by atoms with Gasteiger partial charge in [0.15, 0.2) is 6.61 Å². The van der Waals surface area contributed by atoms with Crippen LogP contribution in [-0.2, 0) is 25.5 Å². The van der Waals surface area contributed by atoms with Crippen molar-refractivity contribution in [2.24, 2.45) is 0 Å². The molecule has 0 radical (unpaired) electrons. The van der Waals surface area contributed by atoms with Crippen molar-refractivity contribution in [3.8, 4) is 11.5 Å². The molecule has 0 spiro atoms. The van der Waals surface area contributed by atoms with E-state index in [1.54, 1.807) is 24.3 Å². The van der Waals surface area contributed by atoms with Gasteiger partial charge in [0, 0.05) is 23.1 Å². The normalized spacial score (nSPS) is 15.6. The van der Waals surface area contributed by atoms with Gasteiger partial charge in [-0.1, -0.05) is 73.8 Å². The van der Waals surface area contributed by atoms with Crippen molar-refractivity contribution in [2.75, 3.05) is 37.5 Å². The number of anilines is 1. The third-order valence-corrected chi connectivity index (χ3v) is 9.95. The van der Waals surface area contributed by atoms with E-state index in [2.05, 4.69) is 18.5 Å². The van der Waals surface area contributed by atoms with Crippen LogP contribution in [0.3, 0.4) is 0 Å². The molecule has 2 amide bonds. The molecular weight excluding hydrogens is 689 g/mol. The molecule has 0 saturated carbocycles. The van der Waals surface area contributed by atoms with E-state index in [9.17, 15) is 19.5 Å². The SMILES string of the molecule is C=CCOC(=O)COc1ccc([C@@H](Nc2ccccc2)[C@@H](SC[C@H](O)c2ccsc2)C(=O)N2C(=O)OC[C@@H]2Cc2ccccc2)c(OCC=C)c1. The summed E-state index contributed by atoms with van der Waals surface area (Å²) in [6.45, 7) is 7.25. The topological polar surface area (TPSA) is 124 Å². The first-order valence-electron chi connectivity index (χ1n) is 16.3. The largest absolute Gasteiger partial charge is 0.489 e. The number of cyclic esters (lactones) is 1. The van der Waals surface area contributed by atoms with Gasteiger partial charge in [0.1, 0.15) is 36.6 Å².